The highest BCUT2D eigenvalue weighted by Crippen LogP contribution is 2.31. The largest absolute Gasteiger partial charge is 0.454 e. The molecule has 1 aromatic carbocycles. The summed E-state index contributed by atoms with van der Waals surface area (Å²) in [5.41, 5.74) is 7.05. The zero-order valence-electron chi connectivity index (χ0n) is 12.1. The summed E-state index contributed by atoms with van der Waals surface area (Å²) in [5.74, 6) is 0.938. The van der Waals surface area contributed by atoms with Gasteiger partial charge < -0.3 is 10.5 Å². The molecule has 0 saturated carbocycles. The predicted molar refractivity (Wildman–Crippen MR) is 76.3 cm³/mol. The van der Waals surface area contributed by atoms with Gasteiger partial charge in [-0.3, -0.25) is 4.68 Å². The van der Waals surface area contributed by atoms with Crippen LogP contribution in [0.4, 0.5) is 4.39 Å². The first-order valence-corrected chi connectivity index (χ1v) is 6.77. The molecule has 5 heteroatoms. The highest BCUT2D eigenvalue weighted by atomic mass is 19.1. The van der Waals surface area contributed by atoms with E-state index < -0.39 is 0 Å². The van der Waals surface area contributed by atoms with Crippen molar-refractivity contribution in [2.24, 2.45) is 5.73 Å². The monoisotopic (exact) mass is 277 g/mol. The van der Waals surface area contributed by atoms with Crippen molar-refractivity contribution in [3.8, 4) is 11.5 Å². The maximum Gasteiger partial charge on any atom is 0.165 e. The van der Waals surface area contributed by atoms with E-state index in [1.807, 2.05) is 10.9 Å². The van der Waals surface area contributed by atoms with Crippen LogP contribution in [-0.2, 0) is 6.54 Å². The Bertz CT molecular complexity index is 593. The zero-order chi connectivity index (χ0) is 14.7. The fraction of sp³-hybridized carbons (Fsp3) is 0.400. The summed E-state index contributed by atoms with van der Waals surface area (Å²) < 4.78 is 21.3. The molecule has 0 amide bonds. The number of hydrogen-bond acceptors (Lipinski definition) is 3. The molecule has 1 heterocycles. The molecule has 0 bridgehead atoms. The first-order valence-electron chi connectivity index (χ1n) is 6.77. The number of aromatic nitrogens is 2. The standard InChI is InChI=1S/C15H20FN3O/c1-4-5-19-9-12(8-18-19)20-15-6-10(2)14(16)7-13(15)11(3)17/h6-9,11H,4-5,17H2,1-3H3/t11-/m0/s1. The number of nitrogens with two attached hydrogens (primary N) is 1. The number of rotatable bonds is 5. The Labute approximate surface area is 118 Å². The molecule has 0 spiro atoms. The molecule has 2 rings (SSSR count). The van der Waals surface area contributed by atoms with Gasteiger partial charge in [0.25, 0.3) is 0 Å². The third-order valence-electron chi connectivity index (χ3n) is 3.07. The Morgan fingerprint density at radius 1 is 1.45 bits per heavy atom. The van der Waals surface area contributed by atoms with Gasteiger partial charge in [-0.2, -0.15) is 5.10 Å². The van der Waals surface area contributed by atoms with Crippen LogP contribution in [0.25, 0.3) is 0 Å². The molecule has 1 aromatic heterocycles. The molecular weight excluding hydrogens is 257 g/mol. The minimum absolute atomic E-state index is 0.272. The number of hydrogen-bond donors (Lipinski definition) is 1. The summed E-state index contributed by atoms with van der Waals surface area (Å²) in [6, 6.07) is 2.81. The Morgan fingerprint density at radius 2 is 2.20 bits per heavy atom. The van der Waals surface area contributed by atoms with Gasteiger partial charge in [-0.05, 0) is 38.0 Å². The third kappa shape index (κ3) is 3.17. The van der Waals surface area contributed by atoms with Crippen LogP contribution in [0.1, 0.15) is 37.4 Å². The van der Waals surface area contributed by atoms with Crippen molar-refractivity contribution in [3.63, 3.8) is 0 Å². The lowest BCUT2D eigenvalue weighted by atomic mass is 10.1. The van der Waals surface area contributed by atoms with Crippen LogP contribution in [-0.4, -0.2) is 9.78 Å². The fourth-order valence-electron chi connectivity index (χ4n) is 1.99. The topological polar surface area (TPSA) is 53.1 Å². The zero-order valence-corrected chi connectivity index (χ0v) is 12.1. The van der Waals surface area contributed by atoms with Crippen LogP contribution in [0, 0.1) is 12.7 Å². The molecule has 0 radical (unpaired) electrons. The van der Waals surface area contributed by atoms with Gasteiger partial charge in [-0.15, -0.1) is 0 Å². The summed E-state index contributed by atoms with van der Waals surface area (Å²) in [6.45, 7) is 6.43. The van der Waals surface area contributed by atoms with Crippen LogP contribution in [0.15, 0.2) is 24.5 Å². The Balaban J connectivity index is 2.29. The molecule has 0 aliphatic carbocycles. The summed E-state index contributed by atoms with van der Waals surface area (Å²) in [4.78, 5) is 0. The molecule has 0 saturated heterocycles. The van der Waals surface area contributed by atoms with Crippen LogP contribution in [0.3, 0.4) is 0 Å². The van der Waals surface area contributed by atoms with E-state index in [1.165, 1.54) is 6.07 Å². The minimum Gasteiger partial charge on any atom is -0.454 e. The van der Waals surface area contributed by atoms with Crippen molar-refractivity contribution in [2.45, 2.75) is 39.8 Å². The predicted octanol–water partition coefficient (Wildman–Crippen LogP) is 3.55. The molecule has 0 aliphatic heterocycles. The summed E-state index contributed by atoms with van der Waals surface area (Å²) in [7, 11) is 0. The van der Waals surface area contributed by atoms with Crippen molar-refractivity contribution < 1.29 is 9.13 Å². The van der Waals surface area contributed by atoms with E-state index in [9.17, 15) is 4.39 Å². The van der Waals surface area contributed by atoms with Crippen LogP contribution >= 0.6 is 0 Å². The van der Waals surface area contributed by atoms with E-state index in [0.717, 1.165) is 13.0 Å². The molecule has 108 valence electrons. The van der Waals surface area contributed by atoms with E-state index >= 15 is 0 Å². The van der Waals surface area contributed by atoms with Crippen molar-refractivity contribution in [1.29, 1.82) is 0 Å². The number of aryl methyl sites for hydroxylation is 2. The maximum absolute atomic E-state index is 13.6. The third-order valence-corrected chi connectivity index (χ3v) is 3.07. The molecule has 0 unspecified atom stereocenters. The second-order valence-corrected chi connectivity index (χ2v) is 4.97. The van der Waals surface area contributed by atoms with Crippen LogP contribution in [0.5, 0.6) is 11.5 Å². The maximum atomic E-state index is 13.6. The van der Waals surface area contributed by atoms with E-state index in [4.69, 9.17) is 10.5 Å². The smallest absolute Gasteiger partial charge is 0.165 e. The second kappa shape index (κ2) is 6.05. The molecule has 2 aromatic rings. The number of halogens is 1. The average molecular weight is 277 g/mol. The number of nitrogens with zero attached hydrogens (tertiary/aromatic N) is 2. The first-order chi connectivity index (χ1) is 9.51. The summed E-state index contributed by atoms with van der Waals surface area (Å²) in [5, 5.41) is 4.20. The first kappa shape index (κ1) is 14.5. The lowest BCUT2D eigenvalue weighted by molar-refractivity contribution is 0.466. The lowest BCUT2D eigenvalue weighted by Gasteiger charge is -2.14. The van der Waals surface area contributed by atoms with Gasteiger partial charge in [0.1, 0.15) is 11.6 Å². The van der Waals surface area contributed by atoms with Crippen molar-refractivity contribution >= 4 is 0 Å². The molecule has 2 N–H and O–H groups in total. The summed E-state index contributed by atoms with van der Waals surface area (Å²) >= 11 is 0. The van der Waals surface area contributed by atoms with Gasteiger partial charge in [-0.25, -0.2) is 4.39 Å². The Morgan fingerprint density at radius 3 is 2.85 bits per heavy atom. The van der Waals surface area contributed by atoms with Crippen molar-refractivity contribution in [1.82, 2.24) is 9.78 Å². The molecular formula is C15H20FN3O. The molecule has 20 heavy (non-hydrogen) atoms. The second-order valence-electron chi connectivity index (χ2n) is 4.97. The van der Waals surface area contributed by atoms with Gasteiger partial charge in [0.05, 0.1) is 12.4 Å². The van der Waals surface area contributed by atoms with E-state index in [1.54, 1.807) is 26.1 Å². The lowest BCUT2D eigenvalue weighted by Crippen LogP contribution is -2.07. The Kier molecular flexibility index (Phi) is 4.39. The molecule has 4 nitrogen and oxygen atoms in total. The number of benzene rings is 1. The van der Waals surface area contributed by atoms with E-state index in [-0.39, 0.29) is 11.9 Å². The highest BCUT2D eigenvalue weighted by molar-refractivity contribution is 5.42. The van der Waals surface area contributed by atoms with Crippen LogP contribution < -0.4 is 10.5 Å². The van der Waals surface area contributed by atoms with E-state index in [0.29, 0.717) is 22.6 Å². The van der Waals surface area contributed by atoms with E-state index in [2.05, 4.69) is 12.0 Å². The minimum atomic E-state index is -0.300. The van der Waals surface area contributed by atoms with Gasteiger partial charge in [-0.1, -0.05) is 6.92 Å². The van der Waals surface area contributed by atoms with Crippen molar-refractivity contribution in [3.05, 3.63) is 41.5 Å². The number of ether oxygens (including phenoxy) is 1. The molecule has 0 aliphatic rings. The highest BCUT2D eigenvalue weighted by Gasteiger charge is 2.13. The van der Waals surface area contributed by atoms with Crippen LogP contribution in [0.2, 0.25) is 0 Å². The van der Waals surface area contributed by atoms with Gasteiger partial charge >= 0.3 is 0 Å². The molecule has 1 atom stereocenters. The quantitative estimate of drug-likeness (QED) is 0.909. The van der Waals surface area contributed by atoms with Gasteiger partial charge in [0.15, 0.2) is 5.75 Å². The summed E-state index contributed by atoms with van der Waals surface area (Å²) in [6.07, 6.45) is 4.48. The Hall–Kier alpha value is -1.88. The fourth-order valence-corrected chi connectivity index (χ4v) is 1.99. The SMILES string of the molecule is CCCn1cc(Oc2cc(C)c(F)cc2[C@H](C)N)cn1. The molecule has 0 fully saturated rings. The normalized spacial score (nSPS) is 12.4. The van der Waals surface area contributed by atoms with Gasteiger partial charge in [0, 0.05) is 18.2 Å². The van der Waals surface area contributed by atoms with Gasteiger partial charge in [0.2, 0.25) is 0 Å². The van der Waals surface area contributed by atoms with Crippen molar-refractivity contribution in [2.75, 3.05) is 0 Å². The average Bonchev–Trinajstić information content (AvgIpc) is 2.81.